The predicted octanol–water partition coefficient (Wildman–Crippen LogP) is 5.64. The van der Waals surface area contributed by atoms with Crippen LogP contribution in [0.15, 0.2) is 42.6 Å². The number of likely N-dealkylation sites (tertiary alicyclic amines) is 1. The van der Waals surface area contributed by atoms with Crippen molar-refractivity contribution in [3.05, 3.63) is 54.0 Å². The molecule has 0 unspecified atom stereocenters. The van der Waals surface area contributed by atoms with E-state index >= 15 is 0 Å². The average molecular weight is 451 g/mol. The van der Waals surface area contributed by atoms with Crippen molar-refractivity contribution in [1.82, 2.24) is 9.88 Å². The summed E-state index contributed by atoms with van der Waals surface area (Å²) in [6, 6.07) is 10.5. The zero-order chi connectivity index (χ0) is 23.2. The number of anilines is 3. The van der Waals surface area contributed by atoms with Gasteiger partial charge in [0.1, 0.15) is 17.4 Å². The number of fused-ring (bicyclic) bond motifs is 1. The van der Waals surface area contributed by atoms with E-state index in [-0.39, 0.29) is 11.7 Å². The molecule has 1 aromatic heterocycles. The fourth-order valence-electron chi connectivity index (χ4n) is 4.28. The maximum atomic E-state index is 13.6. The van der Waals surface area contributed by atoms with Crippen LogP contribution >= 0.6 is 0 Å². The van der Waals surface area contributed by atoms with Crippen LogP contribution in [0.25, 0.3) is 10.8 Å². The molecule has 33 heavy (non-hydrogen) atoms. The van der Waals surface area contributed by atoms with Crippen molar-refractivity contribution in [2.45, 2.75) is 39.0 Å². The zero-order valence-corrected chi connectivity index (χ0v) is 19.3. The van der Waals surface area contributed by atoms with E-state index in [2.05, 4.69) is 20.5 Å². The zero-order valence-electron chi connectivity index (χ0n) is 19.3. The normalized spacial score (nSPS) is 14.3. The third-order valence-corrected chi connectivity index (χ3v) is 6.11. The van der Waals surface area contributed by atoms with Gasteiger partial charge in [-0.1, -0.05) is 6.42 Å². The minimum absolute atomic E-state index is 0.0304. The topological polar surface area (TPSA) is 66.5 Å². The van der Waals surface area contributed by atoms with Gasteiger partial charge in [-0.3, -0.25) is 4.79 Å². The van der Waals surface area contributed by atoms with Crippen LogP contribution < -0.4 is 15.4 Å². The summed E-state index contributed by atoms with van der Waals surface area (Å²) in [5.74, 6) is 0.946. The Morgan fingerprint density at radius 3 is 2.73 bits per heavy atom. The summed E-state index contributed by atoms with van der Waals surface area (Å²) >= 11 is 0. The van der Waals surface area contributed by atoms with Crippen LogP contribution in [0, 0.1) is 12.7 Å². The number of hydrogen-bond donors (Lipinski definition) is 2. The maximum Gasteiger partial charge on any atom is 0.224 e. The number of pyridine rings is 1. The van der Waals surface area contributed by atoms with E-state index in [1.54, 1.807) is 32.4 Å². The molecule has 1 fully saturated rings. The molecule has 0 atom stereocenters. The lowest BCUT2D eigenvalue weighted by molar-refractivity contribution is -0.116. The van der Waals surface area contributed by atoms with Crippen LogP contribution in [0.1, 0.15) is 37.7 Å². The van der Waals surface area contributed by atoms with E-state index in [4.69, 9.17) is 4.74 Å². The van der Waals surface area contributed by atoms with Gasteiger partial charge in [-0.05, 0) is 93.2 Å². The Labute approximate surface area is 194 Å². The molecule has 4 rings (SSSR count). The molecular formula is C26H31FN4O2. The van der Waals surface area contributed by atoms with Gasteiger partial charge in [0, 0.05) is 23.7 Å². The molecule has 2 aromatic carbocycles. The summed E-state index contributed by atoms with van der Waals surface area (Å²) in [5, 5.41) is 8.04. The minimum Gasteiger partial charge on any atom is -0.495 e. The number of methoxy groups -OCH3 is 1. The molecule has 0 radical (unpaired) electrons. The molecule has 1 aliphatic heterocycles. The second-order valence-electron chi connectivity index (χ2n) is 8.58. The van der Waals surface area contributed by atoms with E-state index in [9.17, 15) is 9.18 Å². The number of carbonyl (C=O) groups excluding carboxylic acids is 1. The standard InChI is InChI=1S/C26H31FN4O2/c1-18-15-20(8-9-22(18)27)29-26-21-17-23(24(33-2)16-19(21)10-11-28-26)30-25(32)7-6-14-31-12-4-3-5-13-31/h8-11,15-17H,3-7,12-14H2,1-2H3,(H,28,29)(H,30,32). The van der Waals surface area contributed by atoms with Crippen molar-refractivity contribution in [2.24, 2.45) is 0 Å². The molecule has 6 nitrogen and oxygen atoms in total. The van der Waals surface area contributed by atoms with Crippen molar-refractivity contribution in [3.8, 4) is 5.75 Å². The number of piperidine rings is 1. The van der Waals surface area contributed by atoms with E-state index in [0.29, 0.717) is 29.2 Å². The number of hydrogen-bond acceptors (Lipinski definition) is 5. The molecule has 0 bridgehead atoms. The van der Waals surface area contributed by atoms with Crippen LogP contribution in [0.4, 0.5) is 21.6 Å². The molecule has 0 saturated carbocycles. The Balaban J connectivity index is 1.50. The smallest absolute Gasteiger partial charge is 0.224 e. The van der Waals surface area contributed by atoms with Gasteiger partial charge in [-0.25, -0.2) is 9.37 Å². The molecule has 1 saturated heterocycles. The third kappa shape index (κ3) is 5.79. The van der Waals surface area contributed by atoms with Gasteiger partial charge < -0.3 is 20.3 Å². The summed E-state index contributed by atoms with van der Waals surface area (Å²) in [6.07, 6.45) is 6.82. The predicted molar refractivity (Wildman–Crippen MR) is 131 cm³/mol. The van der Waals surface area contributed by atoms with Crippen molar-refractivity contribution >= 4 is 33.9 Å². The number of ether oxygens (including phenoxy) is 1. The first-order valence-electron chi connectivity index (χ1n) is 11.6. The van der Waals surface area contributed by atoms with Gasteiger partial charge in [0.15, 0.2) is 0 Å². The summed E-state index contributed by atoms with van der Waals surface area (Å²) in [5.41, 5.74) is 1.91. The third-order valence-electron chi connectivity index (χ3n) is 6.11. The van der Waals surface area contributed by atoms with Gasteiger partial charge in [0.2, 0.25) is 5.91 Å². The summed E-state index contributed by atoms with van der Waals surface area (Å²) < 4.78 is 19.2. The fourth-order valence-corrected chi connectivity index (χ4v) is 4.28. The molecule has 7 heteroatoms. The van der Waals surface area contributed by atoms with E-state index in [1.807, 2.05) is 18.2 Å². The molecular weight excluding hydrogens is 419 g/mol. The first kappa shape index (κ1) is 23.0. The highest BCUT2D eigenvalue weighted by Gasteiger charge is 2.14. The molecule has 2 N–H and O–H groups in total. The Bertz CT molecular complexity index is 1130. The molecule has 3 aromatic rings. The van der Waals surface area contributed by atoms with Gasteiger partial charge in [-0.15, -0.1) is 0 Å². The molecule has 1 aliphatic rings. The van der Waals surface area contributed by atoms with Crippen LogP contribution in [0.2, 0.25) is 0 Å². The van der Waals surface area contributed by atoms with Gasteiger partial charge in [0.05, 0.1) is 12.8 Å². The van der Waals surface area contributed by atoms with Crippen LogP contribution in [-0.4, -0.2) is 42.5 Å². The number of benzene rings is 2. The van der Waals surface area contributed by atoms with Crippen molar-refractivity contribution < 1.29 is 13.9 Å². The quantitative estimate of drug-likeness (QED) is 0.465. The summed E-state index contributed by atoms with van der Waals surface area (Å²) in [6.45, 7) is 4.95. The number of aromatic nitrogens is 1. The lowest BCUT2D eigenvalue weighted by Gasteiger charge is -2.26. The highest BCUT2D eigenvalue weighted by Crippen LogP contribution is 2.34. The monoisotopic (exact) mass is 450 g/mol. The summed E-state index contributed by atoms with van der Waals surface area (Å²) in [7, 11) is 1.59. The SMILES string of the molecule is COc1cc2ccnc(Nc3ccc(F)c(C)c3)c2cc1NC(=O)CCCN1CCCCC1. The molecule has 0 aliphatic carbocycles. The van der Waals surface area contributed by atoms with Crippen molar-refractivity contribution in [2.75, 3.05) is 37.4 Å². The first-order chi connectivity index (χ1) is 16.0. The number of carbonyl (C=O) groups is 1. The number of nitrogens with one attached hydrogen (secondary N) is 2. The molecule has 1 amide bonds. The summed E-state index contributed by atoms with van der Waals surface area (Å²) in [4.78, 5) is 19.6. The Morgan fingerprint density at radius 2 is 1.97 bits per heavy atom. The Hall–Kier alpha value is -3.19. The maximum absolute atomic E-state index is 13.6. The highest BCUT2D eigenvalue weighted by molar-refractivity contribution is 6.01. The van der Waals surface area contributed by atoms with Crippen LogP contribution in [0.5, 0.6) is 5.75 Å². The number of rotatable bonds is 8. The number of halogens is 1. The Morgan fingerprint density at radius 1 is 1.15 bits per heavy atom. The largest absolute Gasteiger partial charge is 0.495 e. The van der Waals surface area contributed by atoms with Crippen molar-refractivity contribution in [3.63, 3.8) is 0 Å². The lowest BCUT2D eigenvalue weighted by atomic mass is 10.1. The van der Waals surface area contributed by atoms with E-state index in [1.165, 1.54) is 25.3 Å². The number of aryl methyl sites for hydroxylation is 1. The van der Waals surface area contributed by atoms with Gasteiger partial charge >= 0.3 is 0 Å². The number of nitrogens with zero attached hydrogens (tertiary/aromatic N) is 2. The van der Waals surface area contributed by atoms with Crippen LogP contribution in [0.3, 0.4) is 0 Å². The first-order valence-corrected chi connectivity index (χ1v) is 11.6. The van der Waals surface area contributed by atoms with E-state index in [0.717, 1.165) is 42.5 Å². The molecule has 0 spiro atoms. The number of amides is 1. The van der Waals surface area contributed by atoms with Gasteiger partial charge in [0.25, 0.3) is 0 Å². The second kappa shape index (κ2) is 10.6. The Kier molecular flexibility index (Phi) is 7.40. The van der Waals surface area contributed by atoms with E-state index < -0.39 is 0 Å². The fraction of sp³-hybridized carbons (Fsp3) is 0.385. The van der Waals surface area contributed by atoms with Gasteiger partial charge in [-0.2, -0.15) is 0 Å². The van der Waals surface area contributed by atoms with Crippen molar-refractivity contribution in [1.29, 1.82) is 0 Å². The lowest BCUT2D eigenvalue weighted by Crippen LogP contribution is -2.31. The molecule has 2 heterocycles. The second-order valence-corrected chi connectivity index (χ2v) is 8.58. The highest BCUT2D eigenvalue weighted by atomic mass is 19.1. The van der Waals surface area contributed by atoms with Crippen LogP contribution in [-0.2, 0) is 4.79 Å². The minimum atomic E-state index is -0.249. The molecule has 174 valence electrons. The average Bonchev–Trinajstić information content (AvgIpc) is 2.82.